The van der Waals surface area contributed by atoms with E-state index in [9.17, 15) is 0 Å². The Hall–Kier alpha value is -0.955. The molecule has 60 valence electrons. The van der Waals surface area contributed by atoms with E-state index in [2.05, 4.69) is 6.07 Å². The standard InChI is InChI=1S/C9H11BN2/c10-12-4-3-7-5-9(11)2-1-8(7)6-12/h1-2,5H,3-4,6,11H2. The van der Waals surface area contributed by atoms with E-state index in [1.807, 2.05) is 16.9 Å². The molecule has 1 heterocycles. The number of nitrogen functional groups attached to an aromatic ring is 1. The van der Waals surface area contributed by atoms with Crippen LogP contribution in [0.3, 0.4) is 0 Å². The van der Waals surface area contributed by atoms with Gasteiger partial charge in [0.2, 0.25) is 0 Å². The number of nitrogens with zero attached hydrogens (tertiary/aromatic N) is 1. The highest BCUT2D eigenvalue weighted by Gasteiger charge is 2.11. The minimum atomic E-state index is 0.843. The first-order valence-corrected chi connectivity index (χ1v) is 4.12. The molecule has 1 aliphatic rings. The van der Waals surface area contributed by atoms with Crippen molar-refractivity contribution in [3.63, 3.8) is 0 Å². The van der Waals surface area contributed by atoms with Crippen LogP contribution in [0, 0.1) is 0 Å². The molecule has 0 fully saturated rings. The summed E-state index contributed by atoms with van der Waals surface area (Å²) in [5, 5.41) is 0. The van der Waals surface area contributed by atoms with Gasteiger partial charge in [-0.15, -0.1) is 0 Å². The summed E-state index contributed by atoms with van der Waals surface area (Å²) in [7, 11) is 5.69. The van der Waals surface area contributed by atoms with E-state index in [0.717, 1.165) is 25.2 Å². The third-order valence-electron chi connectivity index (χ3n) is 2.27. The van der Waals surface area contributed by atoms with Crippen molar-refractivity contribution in [2.45, 2.75) is 13.0 Å². The molecule has 12 heavy (non-hydrogen) atoms. The van der Waals surface area contributed by atoms with Crippen molar-refractivity contribution >= 4 is 13.7 Å². The lowest BCUT2D eigenvalue weighted by atomic mass is 9.97. The zero-order chi connectivity index (χ0) is 8.55. The van der Waals surface area contributed by atoms with E-state index in [4.69, 9.17) is 13.7 Å². The van der Waals surface area contributed by atoms with Gasteiger partial charge in [-0.05, 0) is 36.2 Å². The van der Waals surface area contributed by atoms with Crippen LogP contribution in [0.2, 0.25) is 0 Å². The summed E-state index contributed by atoms with van der Waals surface area (Å²) in [5.41, 5.74) is 9.17. The maximum absolute atomic E-state index is 5.69. The van der Waals surface area contributed by atoms with Gasteiger partial charge < -0.3 is 10.5 Å². The monoisotopic (exact) mass is 158 g/mol. The Bertz CT molecular complexity index is 299. The highest BCUT2D eigenvalue weighted by molar-refractivity contribution is 6.04. The second-order valence-corrected chi connectivity index (χ2v) is 3.25. The summed E-state index contributed by atoms with van der Waals surface area (Å²) in [5.74, 6) is 0. The molecule has 0 amide bonds. The first kappa shape index (κ1) is 7.68. The first-order chi connectivity index (χ1) is 5.75. The lowest BCUT2D eigenvalue weighted by Crippen LogP contribution is -2.27. The van der Waals surface area contributed by atoms with E-state index in [1.165, 1.54) is 11.1 Å². The van der Waals surface area contributed by atoms with E-state index in [0.29, 0.717) is 0 Å². The van der Waals surface area contributed by atoms with Crippen LogP contribution in [0.5, 0.6) is 0 Å². The Kier molecular flexibility index (Phi) is 1.81. The molecule has 0 bridgehead atoms. The number of benzene rings is 1. The van der Waals surface area contributed by atoms with Crippen molar-refractivity contribution in [1.82, 2.24) is 4.81 Å². The Morgan fingerprint density at radius 2 is 2.17 bits per heavy atom. The van der Waals surface area contributed by atoms with Gasteiger partial charge >= 0.3 is 0 Å². The zero-order valence-electron chi connectivity index (χ0n) is 6.96. The maximum Gasteiger partial charge on any atom is 0.182 e. The topological polar surface area (TPSA) is 29.3 Å². The number of hydrogen-bond acceptors (Lipinski definition) is 2. The minimum Gasteiger partial charge on any atom is -0.399 e. The minimum absolute atomic E-state index is 0.843. The Morgan fingerprint density at radius 3 is 3.00 bits per heavy atom. The number of fused-ring (bicyclic) bond motifs is 1. The summed E-state index contributed by atoms with van der Waals surface area (Å²) < 4.78 is 0. The highest BCUT2D eigenvalue weighted by atomic mass is 15.0. The molecule has 1 aromatic rings. The molecular formula is C9H11BN2. The van der Waals surface area contributed by atoms with Crippen molar-refractivity contribution < 1.29 is 0 Å². The van der Waals surface area contributed by atoms with Crippen molar-refractivity contribution in [2.75, 3.05) is 12.3 Å². The van der Waals surface area contributed by atoms with Crippen LogP contribution in [0.1, 0.15) is 11.1 Å². The Morgan fingerprint density at radius 1 is 1.33 bits per heavy atom. The normalized spacial score (nSPS) is 17.3. The molecule has 3 heteroatoms. The molecular weight excluding hydrogens is 147 g/mol. The number of nitrogens with two attached hydrogens (primary N) is 1. The molecule has 0 aromatic heterocycles. The molecule has 0 spiro atoms. The van der Waals surface area contributed by atoms with Crippen LogP contribution < -0.4 is 5.73 Å². The average molecular weight is 158 g/mol. The van der Waals surface area contributed by atoms with Gasteiger partial charge in [0.15, 0.2) is 7.98 Å². The van der Waals surface area contributed by atoms with E-state index < -0.39 is 0 Å². The Balaban J connectivity index is 2.37. The van der Waals surface area contributed by atoms with E-state index >= 15 is 0 Å². The summed E-state index contributed by atoms with van der Waals surface area (Å²) in [6, 6.07) is 6.03. The molecule has 0 saturated heterocycles. The molecule has 0 atom stereocenters. The summed E-state index contributed by atoms with van der Waals surface area (Å²) >= 11 is 0. The zero-order valence-corrected chi connectivity index (χ0v) is 6.96. The molecule has 1 aliphatic heterocycles. The third-order valence-corrected chi connectivity index (χ3v) is 2.27. The van der Waals surface area contributed by atoms with Gasteiger partial charge in [0.05, 0.1) is 0 Å². The van der Waals surface area contributed by atoms with Crippen LogP contribution in [-0.2, 0) is 13.0 Å². The molecule has 2 N–H and O–H groups in total. The molecule has 1 aromatic carbocycles. The molecule has 2 radical (unpaired) electrons. The summed E-state index contributed by atoms with van der Waals surface area (Å²) in [4.78, 5) is 1.83. The lowest BCUT2D eigenvalue weighted by Gasteiger charge is -2.25. The van der Waals surface area contributed by atoms with Gasteiger partial charge in [-0.25, -0.2) is 0 Å². The second kappa shape index (κ2) is 2.83. The lowest BCUT2D eigenvalue weighted by molar-refractivity contribution is 0.427. The molecule has 0 saturated carbocycles. The number of hydrogen-bond donors (Lipinski definition) is 1. The fourth-order valence-corrected chi connectivity index (χ4v) is 1.59. The van der Waals surface area contributed by atoms with E-state index in [1.54, 1.807) is 0 Å². The van der Waals surface area contributed by atoms with Gasteiger partial charge in [0.25, 0.3) is 0 Å². The first-order valence-electron chi connectivity index (χ1n) is 4.12. The van der Waals surface area contributed by atoms with Gasteiger partial charge in [0.1, 0.15) is 0 Å². The predicted molar refractivity (Wildman–Crippen MR) is 50.7 cm³/mol. The SMILES string of the molecule is [B]N1CCc2cc(N)ccc2C1. The third kappa shape index (κ3) is 1.32. The fourth-order valence-electron chi connectivity index (χ4n) is 1.59. The average Bonchev–Trinajstić information content (AvgIpc) is 2.05. The smallest absolute Gasteiger partial charge is 0.182 e. The highest BCUT2D eigenvalue weighted by Crippen LogP contribution is 2.19. The molecule has 2 nitrogen and oxygen atoms in total. The van der Waals surface area contributed by atoms with Crippen molar-refractivity contribution in [3.05, 3.63) is 29.3 Å². The van der Waals surface area contributed by atoms with Crippen LogP contribution in [-0.4, -0.2) is 19.3 Å². The van der Waals surface area contributed by atoms with Gasteiger partial charge in [-0.2, -0.15) is 0 Å². The van der Waals surface area contributed by atoms with Crippen molar-refractivity contribution in [1.29, 1.82) is 0 Å². The molecule has 0 unspecified atom stereocenters. The van der Waals surface area contributed by atoms with Crippen LogP contribution in [0.4, 0.5) is 5.69 Å². The van der Waals surface area contributed by atoms with Gasteiger partial charge in [0, 0.05) is 12.2 Å². The van der Waals surface area contributed by atoms with Crippen molar-refractivity contribution in [2.24, 2.45) is 0 Å². The van der Waals surface area contributed by atoms with E-state index in [-0.39, 0.29) is 0 Å². The summed E-state index contributed by atoms with van der Waals surface area (Å²) in [6.07, 6.45) is 1.01. The fraction of sp³-hybridized carbons (Fsp3) is 0.333. The Labute approximate surface area is 73.8 Å². The quantitative estimate of drug-likeness (QED) is 0.445. The van der Waals surface area contributed by atoms with Gasteiger partial charge in [-0.3, -0.25) is 0 Å². The van der Waals surface area contributed by atoms with Crippen LogP contribution in [0.25, 0.3) is 0 Å². The maximum atomic E-state index is 5.69. The number of anilines is 1. The van der Waals surface area contributed by atoms with Crippen molar-refractivity contribution in [3.8, 4) is 0 Å². The van der Waals surface area contributed by atoms with Gasteiger partial charge in [-0.1, -0.05) is 6.07 Å². The summed E-state index contributed by atoms with van der Waals surface area (Å²) in [6.45, 7) is 1.77. The molecule has 0 aliphatic carbocycles. The largest absolute Gasteiger partial charge is 0.399 e. The van der Waals surface area contributed by atoms with Crippen LogP contribution in [0.15, 0.2) is 18.2 Å². The second-order valence-electron chi connectivity index (χ2n) is 3.25. The molecule has 2 rings (SSSR count). The number of rotatable bonds is 0. The van der Waals surface area contributed by atoms with Crippen LogP contribution >= 0.6 is 0 Å². The predicted octanol–water partition coefficient (Wildman–Crippen LogP) is 0.710.